The summed E-state index contributed by atoms with van der Waals surface area (Å²) < 4.78 is 5.44. The number of anilines is 2. The van der Waals surface area contributed by atoms with Gasteiger partial charge in [-0.15, -0.1) is 11.3 Å². The first-order chi connectivity index (χ1) is 12.3. The molecule has 6 heteroatoms. The molecule has 0 atom stereocenters. The van der Waals surface area contributed by atoms with Crippen LogP contribution < -0.4 is 10.2 Å². The molecule has 1 aliphatic rings. The molecule has 0 bridgehead atoms. The fraction of sp³-hybridized carbons (Fsp3) is 0.263. The summed E-state index contributed by atoms with van der Waals surface area (Å²) >= 11 is 1.52. The van der Waals surface area contributed by atoms with Crippen molar-refractivity contribution in [3.05, 3.63) is 53.9 Å². The van der Waals surface area contributed by atoms with Gasteiger partial charge in [-0.05, 0) is 42.8 Å². The molecule has 2 aromatic heterocycles. The minimum Gasteiger partial charge on any atom is -0.442 e. The Balaban J connectivity index is 1.59. The quantitative estimate of drug-likeness (QED) is 0.742. The van der Waals surface area contributed by atoms with Crippen LogP contribution in [0.25, 0.3) is 10.6 Å². The predicted molar refractivity (Wildman–Crippen MR) is 100 cm³/mol. The number of oxazole rings is 1. The molecule has 1 aromatic carbocycles. The van der Waals surface area contributed by atoms with Crippen molar-refractivity contribution in [1.29, 1.82) is 0 Å². The number of para-hydroxylation sites is 2. The SMILES string of the molecule is O=C(Nc1ccccc1N1CCCCC1)c1ncoc1-c1cccs1. The Labute approximate surface area is 150 Å². The Morgan fingerprint density at radius 3 is 2.76 bits per heavy atom. The van der Waals surface area contributed by atoms with Gasteiger partial charge < -0.3 is 14.6 Å². The lowest BCUT2D eigenvalue weighted by Gasteiger charge is -2.30. The Morgan fingerprint density at radius 1 is 1.12 bits per heavy atom. The van der Waals surface area contributed by atoms with Gasteiger partial charge in [-0.3, -0.25) is 4.79 Å². The Morgan fingerprint density at radius 2 is 1.96 bits per heavy atom. The number of rotatable bonds is 4. The number of hydrogen-bond donors (Lipinski definition) is 1. The lowest BCUT2D eigenvalue weighted by Crippen LogP contribution is -2.30. The van der Waals surface area contributed by atoms with Gasteiger partial charge in [0.15, 0.2) is 17.8 Å². The summed E-state index contributed by atoms with van der Waals surface area (Å²) in [6.07, 6.45) is 4.97. The maximum atomic E-state index is 12.8. The van der Waals surface area contributed by atoms with E-state index >= 15 is 0 Å². The van der Waals surface area contributed by atoms with E-state index in [0.717, 1.165) is 29.3 Å². The van der Waals surface area contributed by atoms with E-state index in [1.54, 1.807) is 0 Å². The van der Waals surface area contributed by atoms with E-state index in [9.17, 15) is 4.79 Å². The fourth-order valence-corrected chi connectivity index (χ4v) is 3.87. The van der Waals surface area contributed by atoms with Gasteiger partial charge >= 0.3 is 0 Å². The average molecular weight is 353 g/mol. The van der Waals surface area contributed by atoms with E-state index in [2.05, 4.69) is 21.3 Å². The van der Waals surface area contributed by atoms with Gasteiger partial charge in [-0.25, -0.2) is 4.98 Å². The molecule has 0 unspecified atom stereocenters. The molecule has 0 saturated carbocycles. The summed E-state index contributed by atoms with van der Waals surface area (Å²) in [5, 5.41) is 4.96. The molecule has 128 valence electrons. The van der Waals surface area contributed by atoms with Crippen LogP contribution in [0, 0.1) is 0 Å². The van der Waals surface area contributed by atoms with Crippen molar-refractivity contribution < 1.29 is 9.21 Å². The molecule has 1 aliphatic heterocycles. The van der Waals surface area contributed by atoms with Crippen LogP contribution in [0.5, 0.6) is 0 Å². The van der Waals surface area contributed by atoms with Gasteiger partial charge in [-0.1, -0.05) is 18.2 Å². The first-order valence-electron chi connectivity index (χ1n) is 8.45. The lowest BCUT2D eigenvalue weighted by atomic mass is 10.1. The molecule has 25 heavy (non-hydrogen) atoms. The molecule has 1 amide bonds. The molecule has 5 nitrogen and oxygen atoms in total. The van der Waals surface area contributed by atoms with Crippen LogP contribution in [0.1, 0.15) is 29.8 Å². The molecule has 0 radical (unpaired) electrons. The molecule has 3 heterocycles. The highest BCUT2D eigenvalue weighted by molar-refractivity contribution is 7.13. The summed E-state index contributed by atoms with van der Waals surface area (Å²) in [7, 11) is 0. The number of nitrogens with one attached hydrogen (secondary N) is 1. The second-order valence-electron chi connectivity index (χ2n) is 6.03. The van der Waals surface area contributed by atoms with E-state index < -0.39 is 0 Å². The summed E-state index contributed by atoms with van der Waals surface area (Å²) in [4.78, 5) is 20.1. The summed E-state index contributed by atoms with van der Waals surface area (Å²) in [6, 6.07) is 11.8. The van der Waals surface area contributed by atoms with Crippen LogP contribution in [0.15, 0.2) is 52.6 Å². The van der Waals surface area contributed by atoms with Crippen molar-refractivity contribution in [3.63, 3.8) is 0 Å². The van der Waals surface area contributed by atoms with Crippen molar-refractivity contribution >= 4 is 28.6 Å². The molecular weight excluding hydrogens is 334 g/mol. The molecule has 1 fully saturated rings. The number of hydrogen-bond acceptors (Lipinski definition) is 5. The summed E-state index contributed by atoms with van der Waals surface area (Å²) in [5.41, 5.74) is 2.20. The monoisotopic (exact) mass is 353 g/mol. The van der Waals surface area contributed by atoms with Crippen LogP contribution in [0.3, 0.4) is 0 Å². The van der Waals surface area contributed by atoms with Crippen LogP contribution in [-0.2, 0) is 0 Å². The van der Waals surface area contributed by atoms with E-state index in [-0.39, 0.29) is 5.91 Å². The number of amides is 1. The molecule has 0 spiro atoms. The zero-order valence-corrected chi connectivity index (χ0v) is 14.6. The van der Waals surface area contributed by atoms with Crippen LogP contribution in [0.4, 0.5) is 11.4 Å². The van der Waals surface area contributed by atoms with Crippen molar-refractivity contribution in [2.75, 3.05) is 23.3 Å². The molecule has 1 N–H and O–H groups in total. The third-order valence-electron chi connectivity index (χ3n) is 4.38. The largest absolute Gasteiger partial charge is 0.442 e. The number of piperidine rings is 1. The Kier molecular flexibility index (Phi) is 4.52. The topological polar surface area (TPSA) is 58.4 Å². The molecule has 0 aliphatic carbocycles. The highest BCUT2D eigenvalue weighted by atomic mass is 32.1. The van der Waals surface area contributed by atoms with E-state index in [4.69, 9.17) is 4.42 Å². The van der Waals surface area contributed by atoms with Gasteiger partial charge in [0.1, 0.15) is 0 Å². The minimum absolute atomic E-state index is 0.249. The number of carbonyl (C=O) groups excluding carboxylic acids is 1. The second-order valence-corrected chi connectivity index (χ2v) is 6.97. The van der Waals surface area contributed by atoms with Crippen molar-refractivity contribution in [2.24, 2.45) is 0 Å². The number of benzene rings is 1. The first-order valence-corrected chi connectivity index (χ1v) is 9.33. The van der Waals surface area contributed by atoms with Crippen LogP contribution >= 0.6 is 11.3 Å². The van der Waals surface area contributed by atoms with Gasteiger partial charge in [0.2, 0.25) is 0 Å². The predicted octanol–water partition coefficient (Wildman–Crippen LogP) is 4.65. The smallest absolute Gasteiger partial charge is 0.278 e. The minimum atomic E-state index is -0.249. The van der Waals surface area contributed by atoms with Gasteiger partial charge in [0.05, 0.1) is 16.3 Å². The third-order valence-corrected chi connectivity index (χ3v) is 5.25. The van der Waals surface area contributed by atoms with E-state index in [1.165, 1.54) is 37.0 Å². The number of carbonyl (C=O) groups is 1. The molecular formula is C19H19N3O2S. The maximum absolute atomic E-state index is 12.8. The lowest BCUT2D eigenvalue weighted by molar-refractivity contribution is 0.102. The zero-order chi connectivity index (χ0) is 17.1. The van der Waals surface area contributed by atoms with Crippen LogP contribution in [-0.4, -0.2) is 24.0 Å². The van der Waals surface area contributed by atoms with E-state index in [0.29, 0.717) is 11.5 Å². The Hall–Kier alpha value is -2.60. The fourth-order valence-electron chi connectivity index (χ4n) is 3.16. The number of aromatic nitrogens is 1. The van der Waals surface area contributed by atoms with Crippen molar-refractivity contribution in [3.8, 4) is 10.6 Å². The summed E-state index contributed by atoms with van der Waals surface area (Å²) in [5.74, 6) is 0.268. The van der Waals surface area contributed by atoms with Crippen molar-refractivity contribution in [1.82, 2.24) is 4.98 Å². The highest BCUT2D eigenvalue weighted by Crippen LogP contribution is 2.31. The normalized spacial score (nSPS) is 14.5. The van der Waals surface area contributed by atoms with E-state index in [1.807, 2.05) is 35.7 Å². The maximum Gasteiger partial charge on any atom is 0.278 e. The van der Waals surface area contributed by atoms with Crippen molar-refractivity contribution in [2.45, 2.75) is 19.3 Å². The zero-order valence-electron chi connectivity index (χ0n) is 13.8. The standard InChI is InChI=1S/C19H19N3O2S/c23-19(17-18(24-13-20-17)16-9-6-12-25-16)21-14-7-2-3-8-15(14)22-10-4-1-5-11-22/h2-3,6-9,12-13H,1,4-5,10-11H2,(H,21,23). The number of thiophene rings is 1. The van der Waals surface area contributed by atoms with Gasteiger partial charge in [0.25, 0.3) is 5.91 Å². The van der Waals surface area contributed by atoms with Gasteiger partial charge in [-0.2, -0.15) is 0 Å². The Bertz CT molecular complexity index is 851. The van der Waals surface area contributed by atoms with Crippen LogP contribution in [0.2, 0.25) is 0 Å². The average Bonchev–Trinajstić information content (AvgIpc) is 3.34. The van der Waals surface area contributed by atoms with Gasteiger partial charge in [0, 0.05) is 13.1 Å². The molecule has 4 rings (SSSR count). The summed E-state index contributed by atoms with van der Waals surface area (Å²) in [6.45, 7) is 2.05. The third kappa shape index (κ3) is 3.30. The molecule has 3 aromatic rings. The molecule has 1 saturated heterocycles. The second kappa shape index (κ2) is 7.11. The first kappa shape index (κ1) is 15.9. The highest BCUT2D eigenvalue weighted by Gasteiger charge is 2.21. The number of nitrogens with zero attached hydrogens (tertiary/aromatic N) is 2.